The summed E-state index contributed by atoms with van der Waals surface area (Å²) in [5, 5.41) is 10.9. The molecule has 2 aromatic rings. The third kappa shape index (κ3) is 4.30. The van der Waals surface area contributed by atoms with Crippen LogP contribution in [-0.2, 0) is 22.0 Å². The second kappa shape index (κ2) is 8.15. The Balaban J connectivity index is 1.86. The molecule has 1 aliphatic heterocycles. The summed E-state index contributed by atoms with van der Waals surface area (Å²) in [5.74, 6) is 1.31. The van der Waals surface area contributed by atoms with E-state index in [0.29, 0.717) is 5.92 Å². The highest BCUT2D eigenvalue weighted by atomic mass is 32.2. The van der Waals surface area contributed by atoms with Crippen LogP contribution in [0.1, 0.15) is 50.5 Å². The molecule has 5 nitrogen and oxygen atoms in total. The Kier molecular flexibility index (Phi) is 5.91. The normalized spacial score (nSPS) is 19.7. The van der Waals surface area contributed by atoms with Crippen LogP contribution < -0.4 is 5.32 Å². The number of anilines is 2. The monoisotopic (exact) mass is 361 g/mol. The molecule has 2 N–H and O–H groups in total. The van der Waals surface area contributed by atoms with E-state index < -0.39 is 10.8 Å². The molecule has 25 heavy (non-hydrogen) atoms. The van der Waals surface area contributed by atoms with Crippen molar-refractivity contribution in [3.8, 4) is 0 Å². The van der Waals surface area contributed by atoms with Crippen LogP contribution in [0.15, 0.2) is 29.2 Å². The van der Waals surface area contributed by atoms with Crippen LogP contribution in [0.4, 0.5) is 11.5 Å². The van der Waals surface area contributed by atoms with Crippen molar-refractivity contribution in [2.45, 2.75) is 50.5 Å². The molecule has 1 saturated heterocycles. The predicted octanol–water partition coefficient (Wildman–Crippen LogP) is 4.33. The average Bonchev–Trinajstić information content (AvgIpc) is 3.27. The summed E-state index contributed by atoms with van der Waals surface area (Å²) in [4.78, 5) is 0.903. The fraction of sp³-hybridized carbons (Fsp3) is 0.526. The van der Waals surface area contributed by atoms with Crippen molar-refractivity contribution in [3.05, 3.63) is 35.5 Å². The standard InChI is InChI=1S/C19H27N3O2S/c1-4-13(2)11-14-15(7-5-9-18(14)25(3)23)20-19-12-16(21-22-19)17-8-6-10-24-17/h5,7,9,12-13,17H,4,6,8,10-11H2,1-3H3,(H2,20,21,22). The zero-order valence-electron chi connectivity index (χ0n) is 15.2. The Morgan fingerprint density at radius 3 is 3.00 bits per heavy atom. The Morgan fingerprint density at radius 1 is 1.48 bits per heavy atom. The largest absolute Gasteiger partial charge is 0.372 e. The first-order valence-electron chi connectivity index (χ1n) is 8.97. The molecule has 1 aromatic carbocycles. The summed E-state index contributed by atoms with van der Waals surface area (Å²) in [7, 11) is -1.01. The van der Waals surface area contributed by atoms with Crippen molar-refractivity contribution in [2.24, 2.45) is 5.92 Å². The zero-order chi connectivity index (χ0) is 17.8. The maximum Gasteiger partial charge on any atom is 0.152 e. The molecule has 3 rings (SSSR count). The lowest BCUT2D eigenvalue weighted by molar-refractivity contribution is 0.108. The van der Waals surface area contributed by atoms with Gasteiger partial charge in [-0.25, -0.2) is 0 Å². The van der Waals surface area contributed by atoms with Crippen LogP contribution in [0.3, 0.4) is 0 Å². The van der Waals surface area contributed by atoms with Crippen molar-refractivity contribution in [2.75, 3.05) is 18.2 Å². The molecule has 1 fully saturated rings. The minimum Gasteiger partial charge on any atom is -0.372 e. The number of aromatic amines is 1. The number of ether oxygens (including phenoxy) is 1. The van der Waals surface area contributed by atoms with E-state index in [1.54, 1.807) is 6.26 Å². The molecule has 3 unspecified atom stereocenters. The minimum atomic E-state index is -1.01. The molecule has 0 radical (unpaired) electrons. The molecule has 0 amide bonds. The van der Waals surface area contributed by atoms with Crippen molar-refractivity contribution >= 4 is 22.3 Å². The Morgan fingerprint density at radius 2 is 2.32 bits per heavy atom. The van der Waals surface area contributed by atoms with Gasteiger partial charge in [0.25, 0.3) is 0 Å². The Bertz CT molecular complexity index is 738. The molecule has 1 aromatic heterocycles. The minimum absolute atomic E-state index is 0.122. The first-order chi connectivity index (χ1) is 12.1. The lowest BCUT2D eigenvalue weighted by atomic mass is 9.97. The topological polar surface area (TPSA) is 67.0 Å². The van der Waals surface area contributed by atoms with Crippen LogP contribution >= 0.6 is 0 Å². The van der Waals surface area contributed by atoms with Gasteiger partial charge >= 0.3 is 0 Å². The van der Waals surface area contributed by atoms with Gasteiger partial charge in [-0.05, 0) is 42.9 Å². The number of aromatic nitrogens is 2. The number of benzene rings is 1. The van der Waals surface area contributed by atoms with Gasteiger partial charge in [-0.2, -0.15) is 5.10 Å². The third-order valence-electron chi connectivity index (χ3n) is 4.83. The van der Waals surface area contributed by atoms with Crippen molar-refractivity contribution in [1.29, 1.82) is 0 Å². The lowest BCUT2D eigenvalue weighted by Gasteiger charge is -2.17. The molecular weight excluding hydrogens is 334 g/mol. The van der Waals surface area contributed by atoms with Crippen LogP contribution in [-0.4, -0.2) is 27.3 Å². The highest BCUT2D eigenvalue weighted by Crippen LogP contribution is 2.31. The summed E-state index contributed by atoms with van der Waals surface area (Å²) in [6, 6.07) is 7.96. The summed E-state index contributed by atoms with van der Waals surface area (Å²) in [6.07, 6.45) is 5.98. The van der Waals surface area contributed by atoms with Gasteiger partial charge in [0, 0.05) is 29.5 Å². The predicted molar refractivity (Wildman–Crippen MR) is 102 cm³/mol. The zero-order valence-corrected chi connectivity index (χ0v) is 16.0. The van der Waals surface area contributed by atoms with E-state index in [4.69, 9.17) is 4.74 Å². The van der Waals surface area contributed by atoms with Gasteiger partial charge in [0.05, 0.1) is 22.6 Å². The number of rotatable bonds is 7. The third-order valence-corrected chi connectivity index (χ3v) is 5.83. The van der Waals surface area contributed by atoms with E-state index in [1.165, 1.54) is 0 Å². The van der Waals surface area contributed by atoms with E-state index in [-0.39, 0.29) is 6.10 Å². The quantitative estimate of drug-likeness (QED) is 0.770. The molecule has 0 spiro atoms. The number of nitrogens with one attached hydrogen (secondary N) is 2. The van der Waals surface area contributed by atoms with E-state index in [1.807, 2.05) is 24.3 Å². The second-order valence-corrected chi connectivity index (χ2v) is 8.14. The molecule has 0 saturated carbocycles. The van der Waals surface area contributed by atoms with Gasteiger partial charge in [0.1, 0.15) is 0 Å². The molecule has 0 bridgehead atoms. The van der Waals surface area contributed by atoms with E-state index in [9.17, 15) is 4.21 Å². The van der Waals surface area contributed by atoms with Gasteiger partial charge < -0.3 is 10.1 Å². The molecule has 2 heterocycles. The average molecular weight is 362 g/mol. The summed E-state index contributed by atoms with van der Waals surface area (Å²) in [5.41, 5.74) is 3.12. The molecule has 3 atom stereocenters. The summed E-state index contributed by atoms with van der Waals surface area (Å²) in [6.45, 7) is 5.23. The second-order valence-electron chi connectivity index (χ2n) is 6.79. The molecule has 136 valence electrons. The van der Waals surface area contributed by atoms with Crippen LogP contribution in [0.5, 0.6) is 0 Å². The molecule has 0 aliphatic carbocycles. The molecular formula is C19H27N3O2S. The smallest absolute Gasteiger partial charge is 0.152 e. The SMILES string of the molecule is CCC(C)Cc1c(Nc2cc(C3CCCO3)[nH]n2)cccc1S(C)=O. The van der Waals surface area contributed by atoms with E-state index in [2.05, 4.69) is 29.4 Å². The van der Waals surface area contributed by atoms with Crippen LogP contribution in [0, 0.1) is 5.92 Å². The first-order valence-corrected chi connectivity index (χ1v) is 10.5. The number of hydrogen-bond donors (Lipinski definition) is 2. The van der Waals surface area contributed by atoms with Gasteiger partial charge in [-0.1, -0.05) is 26.3 Å². The van der Waals surface area contributed by atoms with Crippen molar-refractivity contribution in [1.82, 2.24) is 10.2 Å². The maximum absolute atomic E-state index is 12.2. The number of nitrogens with zero attached hydrogens (tertiary/aromatic N) is 1. The van der Waals surface area contributed by atoms with E-state index in [0.717, 1.165) is 59.9 Å². The fourth-order valence-electron chi connectivity index (χ4n) is 3.18. The highest BCUT2D eigenvalue weighted by molar-refractivity contribution is 7.84. The highest BCUT2D eigenvalue weighted by Gasteiger charge is 2.20. The number of hydrogen-bond acceptors (Lipinski definition) is 4. The Hall–Kier alpha value is -1.66. The lowest BCUT2D eigenvalue weighted by Crippen LogP contribution is -2.06. The fourth-order valence-corrected chi connectivity index (χ4v) is 3.99. The summed E-state index contributed by atoms with van der Waals surface area (Å²) < 4.78 is 17.9. The first kappa shape index (κ1) is 18.1. The van der Waals surface area contributed by atoms with Crippen LogP contribution in [0.25, 0.3) is 0 Å². The van der Waals surface area contributed by atoms with Crippen molar-refractivity contribution < 1.29 is 8.95 Å². The molecule has 6 heteroatoms. The maximum atomic E-state index is 12.2. The van der Waals surface area contributed by atoms with Gasteiger partial charge in [0.2, 0.25) is 0 Å². The van der Waals surface area contributed by atoms with E-state index >= 15 is 0 Å². The Labute approximate surface area is 152 Å². The summed E-state index contributed by atoms with van der Waals surface area (Å²) >= 11 is 0. The van der Waals surface area contributed by atoms with Crippen molar-refractivity contribution in [3.63, 3.8) is 0 Å². The van der Waals surface area contributed by atoms with Crippen LogP contribution in [0.2, 0.25) is 0 Å². The van der Waals surface area contributed by atoms with Gasteiger partial charge in [0.15, 0.2) is 5.82 Å². The van der Waals surface area contributed by atoms with Gasteiger partial charge in [-0.3, -0.25) is 9.31 Å². The van der Waals surface area contributed by atoms with Gasteiger partial charge in [-0.15, -0.1) is 0 Å². The number of H-pyrrole nitrogens is 1. The molecule has 1 aliphatic rings.